The first-order valence-corrected chi connectivity index (χ1v) is 6.51. The quantitative estimate of drug-likeness (QED) is 0.497. The van der Waals surface area contributed by atoms with E-state index < -0.39 is 9.85 Å². The Morgan fingerprint density at radius 1 is 0.957 bits per heavy atom. The normalized spacial score (nSPS) is 11.0. The smallest absolute Gasteiger partial charge is 0.276 e. The standard InChI is InChI=1S/C15H12N4O4/c20-18(21)14-9-7-13(8-10-14)17-16-11-3-5-12-4-1-2-6-15(12)19(22)23/h1-11,17H/b5-3+,16-11+. The summed E-state index contributed by atoms with van der Waals surface area (Å²) in [5.41, 5.74) is 3.77. The Morgan fingerprint density at radius 2 is 1.65 bits per heavy atom. The van der Waals surface area contributed by atoms with Gasteiger partial charge in [0.1, 0.15) is 0 Å². The molecule has 0 fully saturated rings. The van der Waals surface area contributed by atoms with Crippen molar-refractivity contribution in [3.63, 3.8) is 0 Å². The van der Waals surface area contributed by atoms with Gasteiger partial charge in [-0.2, -0.15) is 5.10 Å². The molecule has 0 atom stereocenters. The second kappa shape index (κ2) is 7.46. The fourth-order valence-corrected chi connectivity index (χ4v) is 1.75. The zero-order valence-corrected chi connectivity index (χ0v) is 11.8. The van der Waals surface area contributed by atoms with E-state index in [4.69, 9.17) is 0 Å². The molecule has 8 heteroatoms. The number of rotatable bonds is 6. The van der Waals surface area contributed by atoms with Crippen LogP contribution in [-0.4, -0.2) is 16.1 Å². The van der Waals surface area contributed by atoms with Crippen LogP contribution in [-0.2, 0) is 0 Å². The highest BCUT2D eigenvalue weighted by atomic mass is 16.6. The molecule has 0 saturated carbocycles. The van der Waals surface area contributed by atoms with Gasteiger partial charge in [0, 0.05) is 24.4 Å². The molecule has 0 aliphatic carbocycles. The lowest BCUT2D eigenvalue weighted by Crippen LogP contribution is -1.91. The molecule has 0 amide bonds. The Morgan fingerprint density at radius 3 is 2.30 bits per heavy atom. The molecule has 0 radical (unpaired) electrons. The van der Waals surface area contributed by atoms with Crippen molar-refractivity contribution in [1.82, 2.24) is 0 Å². The molecule has 0 heterocycles. The monoisotopic (exact) mass is 312 g/mol. The maximum absolute atomic E-state index is 10.8. The van der Waals surface area contributed by atoms with Crippen LogP contribution in [0.3, 0.4) is 0 Å². The van der Waals surface area contributed by atoms with Crippen LogP contribution < -0.4 is 5.43 Å². The zero-order chi connectivity index (χ0) is 16.7. The molecule has 2 rings (SSSR count). The summed E-state index contributed by atoms with van der Waals surface area (Å²) in [6, 6.07) is 12.1. The highest BCUT2D eigenvalue weighted by Crippen LogP contribution is 2.18. The molecule has 8 nitrogen and oxygen atoms in total. The predicted molar refractivity (Wildman–Crippen MR) is 87.3 cm³/mol. The molecular formula is C15H12N4O4. The molecular weight excluding hydrogens is 300 g/mol. The number of allylic oxidation sites excluding steroid dienone is 1. The van der Waals surface area contributed by atoms with Crippen LogP contribution in [0.2, 0.25) is 0 Å². The van der Waals surface area contributed by atoms with Gasteiger partial charge in [0.15, 0.2) is 0 Å². The van der Waals surface area contributed by atoms with E-state index in [1.807, 2.05) is 0 Å². The van der Waals surface area contributed by atoms with Gasteiger partial charge >= 0.3 is 0 Å². The lowest BCUT2D eigenvalue weighted by atomic mass is 10.2. The lowest BCUT2D eigenvalue weighted by molar-refractivity contribution is -0.385. The number of para-hydroxylation sites is 1. The van der Waals surface area contributed by atoms with Gasteiger partial charge in [0.05, 0.1) is 21.1 Å². The first-order chi connectivity index (χ1) is 11.1. The van der Waals surface area contributed by atoms with Gasteiger partial charge < -0.3 is 0 Å². The number of non-ortho nitro benzene ring substituents is 1. The average molecular weight is 312 g/mol. The van der Waals surface area contributed by atoms with E-state index in [2.05, 4.69) is 10.5 Å². The molecule has 2 aromatic carbocycles. The Kier molecular flexibility index (Phi) is 5.13. The maximum Gasteiger partial charge on any atom is 0.276 e. The molecule has 23 heavy (non-hydrogen) atoms. The van der Waals surface area contributed by atoms with Crippen molar-refractivity contribution in [2.45, 2.75) is 0 Å². The van der Waals surface area contributed by atoms with Crippen molar-refractivity contribution in [1.29, 1.82) is 0 Å². The third-order valence-corrected chi connectivity index (χ3v) is 2.84. The van der Waals surface area contributed by atoms with Crippen molar-refractivity contribution in [2.24, 2.45) is 5.10 Å². The topological polar surface area (TPSA) is 111 Å². The van der Waals surface area contributed by atoms with Gasteiger partial charge in [-0.15, -0.1) is 0 Å². The second-order valence-electron chi connectivity index (χ2n) is 4.37. The molecule has 0 aliphatic heterocycles. The summed E-state index contributed by atoms with van der Waals surface area (Å²) in [6.45, 7) is 0. The molecule has 116 valence electrons. The van der Waals surface area contributed by atoms with E-state index in [0.717, 1.165) is 0 Å². The van der Waals surface area contributed by atoms with Gasteiger partial charge in [0.2, 0.25) is 0 Å². The fourth-order valence-electron chi connectivity index (χ4n) is 1.75. The molecule has 2 aromatic rings. The average Bonchev–Trinajstić information content (AvgIpc) is 2.55. The summed E-state index contributed by atoms with van der Waals surface area (Å²) in [5.74, 6) is 0. The van der Waals surface area contributed by atoms with Gasteiger partial charge in [-0.05, 0) is 30.4 Å². The van der Waals surface area contributed by atoms with E-state index >= 15 is 0 Å². The summed E-state index contributed by atoms with van der Waals surface area (Å²) in [4.78, 5) is 20.4. The zero-order valence-electron chi connectivity index (χ0n) is 11.8. The number of anilines is 1. The molecule has 0 aliphatic rings. The summed E-state index contributed by atoms with van der Waals surface area (Å²) < 4.78 is 0. The summed E-state index contributed by atoms with van der Waals surface area (Å²) >= 11 is 0. The van der Waals surface area contributed by atoms with E-state index in [9.17, 15) is 20.2 Å². The number of hydrogen-bond acceptors (Lipinski definition) is 6. The number of nitro groups is 2. The van der Waals surface area contributed by atoms with Gasteiger partial charge in [-0.3, -0.25) is 25.7 Å². The molecule has 0 aromatic heterocycles. The van der Waals surface area contributed by atoms with Crippen molar-refractivity contribution < 1.29 is 9.85 Å². The predicted octanol–water partition coefficient (Wildman–Crippen LogP) is 3.61. The van der Waals surface area contributed by atoms with Crippen LogP contribution in [0, 0.1) is 20.2 Å². The first kappa shape index (κ1) is 15.8. The van der Waals surface area contributed by atoms with E-state index in [1.165, 1.54) is 36.5 Å². The summed E-state index contributed by atoms with van der Waals surface area (Å²) in [5, 5.41) is 25.3. The number of nitrogens with one attached hydrogen (secondary N) is 1. The third kappa shape index (κ3) is 4.46. The number of nitrogens with zero attached hydrogens (tertiary/aromatic N) is 3. The number of hydrazone groups is 1. The number of nitro benzene ring substituents is 2. The third-order valence-electron chi connectivity index (χ3n) is 2.84. The number of hydrogen-bond donors (Lipinski definition) is 1. The first-order valence-electron chi connectivity index (χ1n) is 6.51. The Labute approximate surface area is 131 Å². The van der Waals surface area contributed by atoms with Gasteiger partial charge in [-0.1, -0.05) is 12.1 Å². The lowest BCUT2D eigenvalue weighted by Gasteiger charge is -1.98. The fraction of sp³-hybridized carbons (Fsp3) is 0. The molecule has 1 N–H and O–H groups in total. The van der Waals surface area contributed by atoms with Crippen molar-refractivity contribution in [2.75, 3.05) is 5.43 Å². The van der Waals surface area contributed by atoms with Crippen molar-refractivity contribution >= 4 is 29.4 Å². The minimum absolute atomic E-state index is 0.00388. The second-order valence-corrected chi connectivity index (χ2v) is 4.37. The Bertz CT molecular complexity index is 769. The van der Waals surface area contributed by atoms with Crippen LogP contribution in [0.5, 0.6) is 0 Å². The minimum Gasteiger partial charge on any atom is -0.279 e. The van der Waals surface area contributed by atoms with Crippen LogP contribution in [0.4, 0.5) is 17.1 Å². The minimum atomic E-state index is -0.484. The van der Waals surface area contributed by atoms with E-state index in [0.29, 0.717) is 11.3 Å². The van der Waals surface area contributed by atoms with Crippen molar-refractivity contribution in [3.8, 4) is 0 Å². The van der Waals surface area contributed by atoms with Crippen LogP contribution in [0.25, 0.3) is 6.08 Å². The maximum atomic E-state index is 10.8. The molecule has 0 bridgehead atoms. The molecule has 0 unspecified atom stereocenters. The number of benzene rings is 2. The van der Waals surface area contributed by atoms with Crippen LogP contribution in [0.15, 0.2) is 59.7 Å². The summed E-state index contributed by atoms with van der Waals surface area (Å²) in [7, 11) is 0. The van der Waals surface area contributed by atoms with E-state index in [1.54, 1.807) is 30.4 Å². The molecule has 0 spiro atoms. The SMILES string of the molecule is O=[N+]([O-])c1ccc(N/N=C/C=C/c2ccccc2[N+](=O)[O-])cc1. The van der Waals surface area contributed by atoms with Gasteiger partial charge in [-0.25, -0.2) is 0 Å². The van der Waals surface area contributed by atoms with Crippen LogP contribution >= 0.6 is 0 Å². The van der Waals surface area contributed by atoms with Crippen molar-refractivity contribution in [3.05, 3.63) is 80.4 Å². The highest BCUT2D eigenvalue weighted by molar-refractivity contribution is 5.80. The highest BCUT2D eigenvalue weighted by Gasteiger charge is 2.08. The largest absolute Gasteiger partial charge is 0.279 e. The van der Waals surface area contributed by atoms with E-state index in [-0.39, 0.29) is 11.4 Å². The van der Waals surface area contributed by atoms with Crippen LogP contribution in [0.1, 0.15) is 5.56 Å². The summed E-state index contributed by atoms with van der Waals surface area (Å²) in [6.07, 6.45) is 4.55. The molecule has 0 saturated heterocycles. The Hall–Kier alpha value is -3.55. The van der Waals surface area contributed by atoms with Gasteiger partial charge in [0.25, 0.3) is 11.4 Å². The Balaban J connectivity index is 1.97.